The summed E-state index contributed by atoms with van der Waals surface area (Å²) in [7, 11) is 0. The van der Waals surface area contributed by atoms with Gasteiger partial charge in [0.2, 0.25) is 0 Å². The standard InChI is InChI=1S/C7H10N3S/c1-2-6-5(3-4-11-6)10-7(8)9/h3-4H,1-2H2,(H4,8,9,10). The Morgan fingerprint density at radius 3 is 3.09 bits per heavy atom. The first-order chi connectivity index (χ1) is 5.24. The number of nitrogens with two attached hydrogens (primary N) is 1. The molecule has 0 atom stereocenters. The van der Waals surface area contributed by atoms with Crippen molar-refractivity contribution in [2.75, 3.05) is 5.32 Å². The molecule has 0 aliphatic carbocycles. The van der Waals surface area contributed by atoms with Crippen LogP contribution in [0.25, 0.3) is 0 Å². The highest BCUT2D eigenvalue weighted by atomic mass is 32.1. The Balaban J connectivity index is 2.76. The van der Waals surface area contributed by atoms with E-state index < -0.39 is 0 Å². The lowest BCUT2D eigenvalue weighted by Gasteiger charge is -2.01. The summed E-state index contributed by atoms with van der Waals surface area (Å²) in [5, 5.41) is 11.7. The molecule has 3 nitrogen and oxygen atoms in total. The monoisotopic (exact) mass is 168 g/mol. The number of nitrogens with one attached hydrogen (secondary N) is 2. The van der Waals surface area contributed by atoms with Gasteiger partial charge in [-0.3, -0.25) is 5.41 Å². The Morgan fingerprint density at radius 2 is 2.55 bits per heavy atom. The molecule has 0 aliphatic rings. The third-order valence-corrected chi connectivity index (χ3v) is 2.22. The van der Waals surface area contributed by atoms with Gasteiger partial charge in [0.15, 0.2) is 5.96 Å². The second kappa shape index (κ2) is 3.39. The molecule has 0 bridgehead atoms. The van der Waals surface area contributed by atoms with E-state index in [1.165, 1.54) is 0 Å². The van der Waals surface area contributed by atoms with E-state index in [-0.39, 0.29) is 5.96 Å². The molecule has 1 radical (unpaired) electrons. The average molecular weight is 168 g/mol. The van der Waals surface area contributed by atoms with Gasteiger partial charge in [0.25, 0.3) is 0 Å². The normalized spacial score (nSPS) is 9.55. The quantitative estimate of drug-likeness (QED) is 0.462. The van der Waals surface area contributed by atoms with Gasteiger partial charge in [0.05, 0.1) is 5.69 Å². The molecule has 4 heteroatoms. The molecule has 0 unspecified atom stereocenters. The molecule has 59 valence electrons. The molecule has 0 saturated heterocycles. The lowest BCUT2D eigenvalue weighted by molar-refractivity contribution is 1.33. The predicted octanol–water partition coefficient (Wildman–Crippen LogP) is 1.43. The Morgan fingerprint density at radius 1 is 1.82 bits per heavy atom. The summed E-state index contributed by atoms with van der Waals surface area (Å²) in [6, 6.07) is 1.90. The van der Waals surface area contributed by atoms with Gasteiger partial charge in [0, 0.05) is 4.88 Å². The van der Waals surface area contributed by atoms with Gasteiger partial charge in [0.1, 0.15) is 0 Å². The summed E-state index contributed by atoms with van der Waals surface area (Å²) in [5.74, 6) is -0.0295. The number of hydrogen-bond donors (Lipinski definition) is 3. The highest BCUT2D eigenvalue weighted by Crippen LogP contribution is 2.21. The van der Waals surface area contributed by atoms with Crippen LogP contribution >= 0.6 is 11.3 Å². The topological polar surface area (TPSA) is 61.9 Å². The maximum Gasteiger partial charge on any atom is 0.190 e. The summed E-state index contributed by atoms with van der Waals surface area (Å²) >= 11 is 1.61. The van der Waals surface area contributed by atoms with E-state index in [4.69, 9.17) is 11.1 Å². The van der Waals surface area contributed by atoms with Gasteiger partial charge in [-0.1, -0.05) is 0 Å². The molecule has 11 heavy (non-hydrogen) atoms. The Kier molecular flexibility index (Phi) is 2.48. The summed E-state index contributed by atoms with van der Waals surface area (Å²) in [5.41, 5.74) is 6.06. The molecule has 0 spiro atoms. The van der Waals surface area contributed by atoms with E-state index in [0.717, 1.165) is 17.0 Å². The van der Waals surface area contributed by atoms with Crippen LogP contribution in [0.4, 0.5) is 5.69 Å². The van der Waals surface area contributed by atoms with Crippen molar-refractivity contribution in [2.45, 2.75) is 6.42 Å². The molecule has 0 aliphatic heterocycles. The Labute approximate surface area is 69.7 Å². The largest absolute Gasteiger partial charge is 0.370 e. The van der Waals surface area contributed by atoms with Crippen LogP contribution in [0.3, 0.4) is 0 Å². The SMILES string of the molecule is [CH2]Cc1sccc1NC(=N)N. The number of rotatable bonds is 2. The first kappa shape index (κ1) is 8.07. The van der Waals surface area contributed by atoms with Crippen molar-refractivity contribution < 1.29 is 0 Å². The molecule has 0 amide bonds. The zero-order chi connectivity index (χ0) is 8.27. The minimum Gasteiger partial charge on any atom is -0.370 e. The van der Waals surface area contributed by atoms with E-state index in [1.54, 1.807) is 11.3 Å². The van der Waals surface area contributed by atoms with Gasteiger partial charge in [-0.2, -0.15) is 0 Å². The van der Waals surface area contributed by atoms with E-state index in [2.05, 4.69) is 12.2 Å². The van der Waals surface area contributed by atoms with Gasteiger partial charge in [-0.05, 0) is 24.8 Å². The van der Waals surface area contributed by atoms with Crippen molar-refractivity contribution in [2.24, 2.45) is 5.73 Å². The minimum absolute atomic E-state index is 0.0295. The fourth-order valence-corrected chi connectivity index (χ4v) is 1.52. The molecule has 1 aromatic heterocycles. The maximum atomic E-state index is 6.99. The summed E-state index contributed by atoms with van der Waals surface area (Å²) < 4.78 is 0. The maximum absolute atomic E-state index is 6.99. The second-order valence-electron chi connectivity index (χ2n) is 2.05. The van der Waals surface area contributed by atoms with Crippen molar-refractivity contribution in [3.05, 3.63) is 23.2 Å². The smallest absolute Gasteiger partial charge is 0.190 e. The van der Waals surface area contributed by atoms with Gasteiger partial charge in [-0.25, -0.2) is 0 Å². The lowest BCUT2D eigenvalue weighted by Crippen LogP contribution is -2.20. The number of guanidine groups is 1. The Hall–Kier alpha value is -1.03. The van der Waals surface area contributed by atoms with Crippen molar-refractivity contribution in [1.29, 1.82) is 5.41 Å². The molecule has 0 fully saturated rings. The van der Waals surface area contributed by atoms with Crippen molar-refractivity contribution in [3.63, 3.8) is 0 Å². The number of thiophene rings is 1. The lowest BCUT2D eigenvalue weighted by atomic mass is 10.3. The molecule has 0 aromatic carbocycles. The fraction of sp³-hybridized carbons (Fsp3) is 0.143. The van der Waals surface area contributed by atoms with Crippen LogP contribution in [-0.2, 0) is 6.42 Å². The third-order valence-electron chi connectivity index (χ3n) is 1.24. The van der Waals surface area contributed by atoms with E-state index in [0.29, 0.717) is 0 Å². The van der Waals surface area contributed by atoms with Crippen LogP contribution in [0.15, 0.2) is 11.4 Å². The average Bonchev–Trinajstić information content (AvgIpc) is 2.34. The van der Waals surface area contributed by atoms with Gasteiger partial charge >= 0.3 is 0 Å². The zero-order valence-corrected chi connectivity index (χ0v) is 6.87. The first-order valence-electron chi connectivity index (χ1n) is 3.20. The summed E-state index contributed by atoms with van der Waals surface area (Å²) in [6.45, 7) is 3.76. The van der Waals surface area contributed by atoms with Crippen molar-refractivity contribution in [3.8, 4) is 0 Å². The summed E-state index contributed by atoms with van der Waals surface area (Å²) in [4.78, 5) is 1.13. The van der Waals surface area contributed by atoms with E-state index >= 15 is 0 Å². The zero-order valence-electron chi connectivity index (χ0n) is 6.05. The highest BCUT2D eigenvalue weighted by Gasteiger charge is 2.00. The Bertz CT molecular complexity index is 254. The molecular formula is C7H10N3S. The van der Waals surface area contributed by atoms with Crippen molar-refractivity contribution >= 4 is 23.0 Å². The molecule has 0 saturated carbocycles. The van der Waals surface area contributed by atoms with Crippen LogP contribution < -0.4 is 11.1 Å². The molecule has 4 N–H and O–H groups in total. The van der Waals surface area contributed by atoms with Crippen LogP contribution in [0.1, 0.15) is 4.88 Å². The van der Waals surface area contributed by atoms with Crippen LogP contribution in [0.2, 0.25) is 0 Å². The van der Waals surface area contributed by atoms with Gasteiger partial charge < -0.3 is 11.1 Å². The fourth-order valence-electron chi connectivity index (χ4n) is 0.791. The third kappa shape index (κ3) is 1.94. The van der Waals surface area contributed by atoms with Crippen molar-refractivity contribution in [1.82, 2.24) is 0 Å². The van der Waals surface area contributed by atoms with Gasteiger partial charge in [-0.15, -0.1) is 11.3 Å². The van der Waals surface area contributed by atoms with Crippen LogP contribution in [0, 0.1) is 12.3 Å². The number of anilines is 1. The molecule has 1 heterocycles. The van der Waals surface area contributed by atoms with E-state index in [1.807, 2.05) is 11.4 Å². The molecular weight excluding hydrogens is 158 g/mol. The van der Waals surface area contributed by atoms with Crippen LogP contribution in [-0.4, -0.2) is 5.96 Å². The predicted molar refractivity (Wildman–Crippen MR) is 48.9 cm³/mol. The summed E-state index contributed by atoms with van der Waals surface area (Å²) in [6.07, 6.45) is 0.729. The molecule has 1 aromatic rings. The molecule has 1 rings (SSSR count). The van der Waals surface area contributed by atoms with E-state index in [9.17, 15) is 0 Å². The number of hydrogen-bond acceptors (Lipinski definition) is 2. The first-order valence-corrected chi connectivity index (χ1v) is 4.08. The van der Waals surface area contributed by atoms with Crippen LogP contribution in [0.5, 0.6) is 0 Å². The second-order valence-corrected chi connectivity index (χ2v) is 3.05. The minimum atomic E-state index is -0.0295. The highest BCUT2D eigenvalue weighted by molar-refractivity contribution is 7.10.